The minimum atomic E-state index is -0.761. The maximum atomic E-state index is 12.8. The Hall–Kier alpha value is -1.59. The van der Waals surface area contributed by atoms with Crippen LogP contribution >= 0.6 is 0 Å². The molecule has 0 saturated carbocycles. The van der Waals surface area contributed by atoms with Gasteiger partial charge in [-0.3, -0.25) is 14.4 Å². The van der Waals surface area contributed by atoms with E-state index in [-0.39, 0.29) is 31.1 Å². The van der Waals surface area contributed by atoms with Gasteiger partial charge in [0, 0.05) is 19.3 Å². The van der Waals surface area contributed by atoms with E-state index in [9.17, 15) is 14.4 Å². The Morgan fingerprint density at radius 1 is 0.362 bits per heavy atom. The summed E-state index contributed by atoms with van der Waals surface area (Å²) in [4.78, 5) is 37.9. The molecule has 0 aliphatic carbocycles. The van der Waals surface area contributed by atoms with Gasteiger partial charge in [0.2, 0.25) is 0 Å². The molecule has 6 nitrogen and oxygen atoms in total. The molecule has 0 heterocycles. The van der Waals surface area contributed by atoms with Gasteiger partial charge >= 0.3 is 17.9 Å². The van der Waals surface area contributed by atoms with Gasteiger partial charge in [-0.15, -0.1) is 0 Å². The molecule has 0 radical (unpaired) electrons. The molecule has 0 bridgehead atoms. The normalized spacial score (nSPS) is 12.5. The van der Waals surface area contributed by atoms with Gasteiger partial charge in [-0.05, 0) is 31.1 Å². The van der Waals surface area contributed by atoms with Crippen molar-refractivity contribution < 1.29 is 28.6 Å². The molecule has 0 fully saturated rings. The monoisotopic (exact) mass is 821 g/mol. The highest BCUT2D eigenvalue weighted by molar-refractivity contribution is 5.71. The summed E-state index contributed by atoms with van der Waals surface area (Å²) in [7, 11) is 0. The summed E-state index contributed by atoms with van der Waals surface area (Å²) in [5, 5.41) is 0. The Morgan fingerprint density at radius 3 is 0.983 bits per heavy atom. The van der Waals surface area contributed by atoms with E-state index in [1.165, 1.54) is 173 Å². The molecule has 58 heavy (non-hydrogen) atoms. The molecule has 0 aliphatic rings. The van der Waals surface area contributed by atoms with E-state index in [1.807, 2.05) is 0 Å². The van der Waals surface area contributed by atoms with Crippen LogP contribution in [0.3, 0.4) is 0 Å². The van der Waals surface area contributed by atoms with Crippen molar-refractivity contribution in [2.45, 2.75) is 291 Å². The van der Waals surface area contributed by atoms with Crippen LogP contribution in [0.4, 0.5) is 0 Å². The maximum absolute atomic E-state index is 12.8. The zero-order valence-corrected chi connectivity index (χ0v) is 39.7. The first-order valence-electron chi connectivity index (χ1n) is 25.8. The molecule has 0 aromatic rings. The van der Waals surface area contributed by atoms with Crippen molar-refractivity contribution in [3.05, 3.63) is 0 Å². The third kappa shape index (κ3) is 44.0. The molecule has 0 aromatic heterocycles. The number of carbonyl (C=O) groups excluding carboxylic acids is 3. The average Bonchev–Trinajstić information content (AvgIpc) is 3.21. The summed E-state index contributed by atoms with van der Waals surface area (Å²) in [6.07, 6.45) is 45.2. The van der Waals surface area contributed by atoms with Crippen LogP contribution in [0.2, 0.25) is 0 Å². The lowest BCUT2D eigenvalue weighted by atomic mass is 10.00. The van der Waals surface area contributed by atoms with Gasteiger partial charge in [-0.2, -0.15) is 0 Å². The maximum Gasteiger partial charge on any atom is 0.306 e. The van der Waals surface area contributed by atoms with E-state index in [0.29, 0.717) is 19.3 Å². The zero-order valence-electron chi connectivity index (χ0n) is 39.7. The molecule has 0 saturated heterocycles. The predicted octanol–water partition coefficient (Wildman–Crippen LogP) is 16.5. The standard InChI is InChI=1S/C52H100O6/c1-6-8-9-10-11-12-13-20-23-26-32-37-42-50(53)56-45-49(46-57-51(54)43-38-33-29-28-31-36-41-48(5)7-2)58-52(55)44-39-34-27-24-21-18-16-14-15-17-19-22-25-30-35-40-47(3)4/h47-49H,6-46H2,1-5H3/t48?,49-/m1/s1. The van der Waals surface area contributed by atoms with E-state index >= 15 is 0 Å². The van der Waals surface area contributed by atoms with E-state index in [4.69, 9.17) is 14.2 Å². The van der Waals surface area contributed by atoms with Gasteiger partial charge in [0.1, 0.15) is 13.2 Å². The topological polar surface area (TPSA) is 78.9 Å². The molecular formula is C52H100O6. The second kappa shape index (κ2) is 44.9. The van der Waals surface area contributed by atoms with Gasteiger partial charge in [0.25, 0.3) is 0 Å². The first-order valence-corrected chi connectivity index (χ1v) is 25.8. The van der Waals surface area contributed by atoms with Gasteiger partial charge in [-0.1, -0.05) is 247 Å². The summed E-state index contributed by atoms with van der Waals surface area (Å²) in [6, 6.07) is 0. The van der Waals surface area contributed by atoms with Crippen LogP contribution in [0, 0.1) is 11.8 Å². The van der Waals surface area contributed by atoms with Crippen LogP contribution in [0.25, 0.3) is 0 Å². The Balaban J connectivity index is 4.28. The summed E-state index contributed by atoms with van der Waals surface area (Å²) in [5.41, 5.74) is 0. The fraction of sp³-hybridized carbons (Fsp3) is 0.942. The number of esters is 3. The van der Waals surface area contributed by atoms with E-state index < -0.39 is 6.10 Å². The second-order valence-corrected chi connectivity index (χ2v) is 18.5. The fourth-order valence-corrected chi connectivity index (χ4v) is 7.78. The lowest BCUT2D eigenvalue weighted by molar-refractivity contribution is -0.167. The van der Waals surface area contributed by atoms with E-state index in [1.54, 1.807) is 0 Å². The molecule has 0 amide bonds. The molecule has 0 aromatic carbocycles. The third-order valence-electron chi connectivity index (χ3n) is 12.1. The minimum Gasteiger partial charge on any atom is -0.462 e. The summed E-state index contributed by atoms with van der Waals surface area (Å²) in [6.45, 7) is 11.4. The van der Waals surface area contributed by atoms with Crippen LogP contribution in [0.15, 0.2) is 0 Å². The SMILES string of the molecule is CCCCCCCCCCCCCCC(=O)OC[C@H](COC(=O)CCCCCCCCC(C)CC)OC(=O)CCCCCCCCCCCCCCCCCC(C)C. The molecule has 0 aliphatic heterocycles. The lowest BCUT2D eigenvalue weighted by Gasteiger charge is -2.18. The molecule has 0 spiro atoms. The first-order chi connectivity index (χ1) is 28.3. The van der Waals surface area contributed by atoms with Gasteiger partial charge in [0.05, 0.1) is 0 Å². The number of hydrogen-bond donors (Lipinski definition) is 0. The van der Waals surface area contributed by atoms with Crippen LogP contribution < -0.4 is 0 Å². The lowest BCUT2D eigenvalue weighted by Crippen LogP contribution is -2.30. The van der Waals surface area contributed by atoms with Crippen LogP contribution in [-0.2, 0) is 28.6 Å². The van der Waals surface area contributed by atoms with Crippen molar-refractivity contribution in [1.29, 1.82) is 0 Å². The fourth-order valence-electron chi connectivity index (χ4n) is 7.78. The highest BCUT2D eigenvalue weighted by Crippen LogP contribution is 2.18. The van der Waals surface area contributed by atoms with Crippen molar-refractivity contribution in [3.63, 3.8) is 0 Å². The van der Waals surface area contributed by atoms with Crippen LogP contribution in [0.5, 0.6) is 0 Å². The van der Waals surface area contributed by atoms with E-state index in [0.717, 1.165) is 69.6 Å². The molecule has 1 unspecified atom stereocenters. The number of ether oxygens (including phenoxy) is 3. The molecule has 344 valence electrons. The second-order valence-electron chi connectivity index (χ2n) is 18.5. The number of unbranched alkanes of at least 4 members (excludes halogenated alkanes) is 30. The Bertz CT molecular complexity index is 887. The number of carbonyl (C=O) groups is 3. The van der Waals surface area contributed by atoms with Crippen LogP contribution in [-0.4, -0.2) is 37.2 Å². The van der Waals surface area contributed by atoms with Crippen LogP contribution in [0.1, 0.15) is 285 Å². The third-order valence-corrected chi connectivity index (χ3v) is 12.1. The summed E-state index contributed by atoms with van der Waals surface area (Å²) in [5.74, 6) is 0.811. The highest BCUT2D eigenvalue weighted by Gasteiger charge is 2.19. The van der Waals surface area contributed by atoms with E-state index in [2.05, 4.69) is 34.6 Å². The molecular weight excluding hydrogens is 721 g/mol. The molecule has 6 heteroatoms. The number of rotatable bonds is 46. The average molecular weight is 821 g/mol. The van der Waals surface area contributed by atoms with Gasteiger partial charge in [0.15, 0.2) is 6.10 Å². The summed E-state index contributed by atoms with van der Waals surface area (Å²) < 4.78 is 16.8. The van der Waals surface area contributed by atoms with Crippen molar-refractivity contribution in [2.24, 2.45) is 11.8 Å². The van der Waals surface area contributed by atoms with Crippen molar-refractivity contribution in [2.75, 3.05) is 13.2 Å². The molecule has 2 atom stereocenters. The zero-order chi connectivity index (χ0) is 42.6. The van der Waals surface area contributed by atoms with Crippen molar-refractivity contribution >= 4 is 17.9 Å². The van der Waals surface area contributed by atoms with Gasteiger partial charge < -0.3 is 14.2 Å². The Kier molecular flexibility index (Phi) is 43.7. The quantitative estimate of drug-likeness (QED) is 0.0346. The van der Waals surface area contributed by atoms with Gasteiger partial charge in [-0.25, -0.2) is 0 Å². The Labute approximate surface area is 361 Å². The van der Waals surface area contributed by atoms with Crippen molar-refractivity contribution in [1.82, 2.24) is 0 Å². The minimum absolute atomic E-state index is 0.0643. The molecule has 0 N–H and O–H groups in total. The predicted molar refractivity (Wildman–Crippen MR) is 247 cm³/mol. The highest BCUT2D eigenvalue weighted by atomic mass is 16.6. The first kappa shape index (κ1) is 56.4. The largest absolute Gasteiger partial charge is 0.462 e. The molecule has 0 rings (SSSR count). The van der Waals surface area contributed by atoms with Crippen molar-refractivity contribution in [3.8, 4) is 0 Å². The summed E-state index contributed by atoms with van der Waals surface area (Å²) >= 11 is 0. The Morgan fingerprint density at radius 2 is 0.655 bits per heavy atom. The smallest absolute Gasteiger partial charge is 0.306 e. The number of hydrogen-bond acceptors (Lipinski definition) is 6.